The van der Waals surface area contributed by atoms with Gasteiger partial charge in [-0.25, -0.2) is 8.42 Å². The number of hydrogen-bond acceptors (Lipinski definition) is 4. The van der Waals surface area contributed by atoms with E-state index < -0.39 is 21.5 Å². The second kappa shape index (κ2) is 4.36. The lowest BCUT2D eigenvalue weighted by atomic mass is 10.0. The van der Waals surface area contributed by atoms with Crippen molar-refractivity contribution in [1.82, 2.24) is 4.31 Å². The van der Waals surface area contributed by atoms with Gasteiger partial charge in [0, 0.05) is 6.54 Å². The van der Waals surface area contributed by atoms with Crippen molar-refractivity contribution in [3.8, 4) is 0 Å². The Bertz CT molecular complexity index is 581. The first-order chi connectivity index (χ1) is 8.28. The number of furan rings is 1. The molecule has 1 saturated heterocycles. The van der Waals surface area contributed by atoms with Crippen molar-refractivity contribution in [1.29, 1.82) is 0 Å². The van der Waals surface area contributed by atoms with E-state index in [1.165, 1.54) is 19.1 Å². The molecular weight excluding hydrogens is 326 g/mol. The first-order valence-electron chi connectivity index (χ1n) is 5.30. The van der Waals surface area contributed by atoms with Crippen LogP contribution in [0.25, 0.3) is 0 Å². The van der Waals surface area contributed by atoms with Gasteiger partial charge in [0.25, 0.3) is 10.0 Å². The summed E-state index contributed by atoms with van der Waals surface area (Å²) in [5.41, 5.74) is -1.40. The lowest BCUT2D eigenvalue weighted by molar-refractivity contribution is -0.146. The second-order valence-electron chi connectivity index (χ2n) is 4.32. The van der Waals surface area contributed by atoms with Crippen molar-refractivity contribution >= 4 is 31.9 Å². The highest BCUT2D eigenvalue weighted by Crippen LogP contribution is 2.35. The van der Waals surface area contributed by atoms with Crippen LogP contribution in [0.3, 0.4) is 0 Å². The van der Waals surface area contributed by atoms with E-state index in [0.29, 0.717) is 12.8 Å². The van der Waals surface area contributed by atoms with Gasteiger partial charge in [0.05, 0.1) is 0 Å². The maximum Gasteiger partial charge on any atom is 0.324 e. The third-order valence-electron chi connectivity index (χ3n) is 3.13. The molecule has 1 aliphatic rings. The Hall–Kier alpha value is -0.860. The lowest BCUT2D eigenvalue weighted by Gasteiger charge is -2.29. The summed E-state index contributed by atoms with van der Waals surface area (Å²) < 4.78 is 30.9. The Labute approximate surface area is 113 Å². The monoisotopic (exact) mass is 337 g/mol. The van der Waals surface area contributed by atoms with Gasteiger partial charge in [-0.05, 0) is 47.8 Å². The summed E-state index contributed by atoms with van der Waals surface area (Å²) in [4.78, 5) is 11.3. The molecule has 8 heteroatoms. The summed E-state index contributed by atoms with van der Waals surface area (Å²) >= 11 is 3.02. The summed E-state index contributed by atoms with van der Waals surface area (Å²) in [7, 11) is -3.91. The molecule has 1 aromatic heterocycles. The van der Waals surface area contributed by atoms with Gasteiger partial charge in [-0.3, -0.25) is 4.79 Å². The fourth-order valence-electron chi connectivity index (χ4n) is 2.08. The molecule has 6 nitrogen and oxygen atoms in total. The summed E-state index contributed by atoms with van der Waals surface area (Å²) in [6.45, 7) is 1.60. The molecule has 0 aromatic carbocycles. The van der Waals surface area contributed by atoms with Gasteiger partial charge in [0.1, 0.15) is 5.54 Å². The van der Waals surface area contributed by atoms with Gasteiger partial charge >= 0.3 is 5.97 Å². The number of aliphatic carboxylic acids is 1. The quantitative estimate of drug-likeness (QED) is 0.906. The molecule has 0 aliphatic carbocycles. The predicted octanol–water partition coefficient (Wildman–Crippen LogP) is 1.67. The fourth-order valence-corrected chi connectivity index (χ4v) is 4.22. The first kappa shape index (κ1) is 13.6. The van der Waals surface area contributed by atoms with Gasteiger partial charge in [-0.15, -0.1) is 0 Å². The number of carboxylic acids is 1. The van der Waals surface area contributed by atoms with Gasteiger partial charge in [0.2, 0.25) is 5.09 Å². The molecule has 1 aromatic rings. The highest BCUT2D eigenvalue weighted by atomic mass is 79.9. The minimum Gasteiger partial charge on any atom is -0.480 e. The van der Waals surface area contributed by atoms with Crippen molar-refractivity contribution in [2.75, 3.05) is 6.54 Å². The molecule has 0 saturated carbocycles. The lowest BCUT2D eigenvalue weighted by Crippen LogP contribution is -2.50. The van der Waals surface area contributed by atoms with Gasteiger partial charge in [-0.2, -0.15) is 4.31 Å². The van der Waals surface area contributed by atoms with E-state index in [9.17, 15) is 18.3 Å². The van der Waals surface area contributed by atoms with Gasteiger partial charge < -0.3 is 9.52 Å². The average molecular weight is 338 g/mol. The Morgan fingerprint density at radius 3 is 2.72 bits per heavy atom. The van der Waals surface area contributed by atoms with Crippen LogP contribution < -0.4 is 0 Å². The normalized spacial score (nSPS) is 25.4. The van der Waals surface area contributed by atoms with Crippen LogP contribution in [0, 0.1) is 0 Å². The van der Waals surface area contributed by atoms with Crippen molar-refractivity contribution in [3.05, 3.63) is 16.8 Å². The van der Waals surface area contributed by atoms with Crippen LogP contribution in [0.4, 0.5) is 0 Å². The van der Waals surface area contributed by atoms with E-state index in [2.05, 4.69) is 15.9 Å². The van der Waals surface area contributed by atoms with Crippen molar-refractivity contribution in [2.24, 2.45) is 0 Å². The molecule has 1 aliphatic heterocycles. The van der Waals surface area contributed by atoms with Crippen LogP contribution in [-0.4, -0.2) is 35.9 Å². The minimum absolute atomic E-state index is 0.184. The number of sulfonamides is 1. The van der Waals surface area contributed by atoms with E-state index in [0.717, 1.165) is 4.31 Å². The molecule has 0 spiro atoms. The van der Waals surface area contributed by atoms with E-state index in [1.54, 1.807) is 0 Å². The summed E-state index contributed by atoms with van der Waals surface area (Å²) in [6.07, 6.45) is 0.813. The second-order valence-corrected chi connectivity index (χ2v) is 6.89. The van der Waals surface area contributed by atoms with Crippen molar-refractivity contribution in [3.63, 3.8) is 0 Å². The number of rotatable bonds is 3. The Balaban J connectivity index is 2.45. The zero-order chi connectivity index (χ0) is 13.6. The van der Waals surface area contributed by atoms with E-state index >= 15 is 0 Å². The molecule has 0 radical (unpaired) electrons. The maximum atomic E-state index is 12.3. The minimum atomic E-state index is -3.91. The Morgan fingerprint density at radius 2 is 2.22 bits per heavy atom. The van der Waals surface area contributed by atoms with Crippen LogP contribution in [0.2, 0.25) is 0 Å². The third kappa shape index (κ3) is 1.98. The molecule has 0 bridgehead atoms. The molecule has 2 rings (SSSR count). The topological polar surface area (TPSA) is 87.8 Å². The highest BCUT2D eigenvalue weighted by molar-refractivity contribution is 9.10. The molecule has 100 valence electrons. The first-order valence-corrected chi connectivity index (χ1v) is 7.53. The third-order valence-corrected chi connectivity index (χ3v) is 5.45. The van der Waals surface area contributed by atoms with Crippen LogP contribution in [0.1, 0.15) is 19.8 Å². The van der Waals surface area contributed by atoms with Crippen molar-refractivity contribution < 1.29 is 22.7 Å². The summed E-state index contributed by atoms with van der Waals surface area (Å²) in [5, 5.41) is 8.97. The fraction of sp³-hybridized carbons (Fsp3) is 0.500. The van der Waals surface area contributed by atoms with Crippen molar-refractivity contribution in [2.45, 2.75) is 30.4 Å². The predicted molar refractivity (Wildman–Crippen MR) is 65.6 cm³/mol. The van der Waals surface area contributed by atoms with Crippen LogP contribution in [0.15, 0.2) is 26.3 Å². The van der Waals surface area contributed by atoms with Crippen LogP contribution in [0.5, 0.6) is 0 Å². The number of carbonyl (C=O) groups is 1. The van der Waals surface area contributed by atoms with Gasteiger partial charge in [-0.1, -0.05) is 0 Å². The molecule has 1 N–H and O–H groups in total. The van der Waals surface area contributed by atoms with E-state index in [4.69, 9.17) is 4.42 Å². The summed E-state index contributed by atoms with van der Waals surface area (Å²) in [5.74, 6) is -1.14. The molecule has 18 heavy (non-hydrogen) atoms. The number of halogens is 1. The smallest absolute Gasteiger partial charge is 0.324 e. The van der Waals surface area contributed by atoms with Crippen LogP contribution in [-0.2, 0) is 14.8 Å². The molecular formula is C10H12BrNO5S. The van der Waals surface area contributed by atoms with E-state index in [1.807, 2.05) is 0 Å². The standard InChI is InChI=1S/C10H12BrNO5S/c1-10(9(13)14)5-2-6-12(10)18(15,16)8-4-3-7(11)17-8/h3-4H,2,5-6H2,1H3,(H,13,14)/t10-/m1/s1. The van der Waals surface area contributed by atoms with E-state index in [-0.39, 0.29) is 16.3 Å². The highest BCUT2D eigenvalue weighted by Gasteiger charge is 2.50. The molecule has 1 fully saturated rings. The zero-order valence-electron chi connectivity index (χ0n) is 9.59. The Kier molecular flexibility index (Phi) is 3.28. The molecule has 2 heterocycles. The Morgan fingerprint density at radius 1 is 1.56 bits per heavy atom. The largest absolute Gasteiger partial charge is 0.480 e. The number of carboxylic acid groups (broad SMARTS) is 1. The average Bonchev–Trinajstić information content (AvgIpc) is 2.85. The molecule has 1 atom stereocenters. The molecule has 0 amide bonds. The van der Waals surface area contributed by atoms with Gasteiger partial charge in [0.15, 0.2) is 4.67 Å². The van der Waals surface area contributed by atoms with Crippen LogP contribution >= 0.6 is 15.9 Å². The maximum absolute atomic E-state index is 12.3. The number of hydrogen-bond donors (Lipinski definition) is 1. The zero-order valence-corrected chi connectivity index (χ0v) is 12.0. The number of nitrogens with zero attached hydrogens (tertiary/aromatic N) is 1. The molecule has 0 unspecified atom stereocenters. The SMILES string of the molecule is C[C@]1(C(=O)O)CCCN1S(=O)(=O)c1ccc(Br)o1. The summed E-state index contributed by atoms with van der Waals surface area (Å²) in [6, 6.07) is 2.76.